The van der Waals surface area contributed by atoms with Crippen LogP contribution in [0, 0.1) is 5.92 Å². The fraction of sp³-hybridized carbons (Fsp3) is 0.400. The normalized spacial score (nSPS) is 12.7. The number of amides is 2. The van der Waals surface area contributed by atoms with Gasteiger partial charge in [-0.15, -0.1) is 0 Å². The van der Waals surface area contributed by atoms with Crippen molar-refractivity contribution in [3.05, 3.63) is 71.7 Å². The largest absolute Gasteiger partial charge is 0.354 e. The van der Waals surface area contributed by atoms with E-state index < -0.39 is 6.04 Å². The van der Waals surface area contributed by atoms with Crippen LogP contribution in [0.1, 0.15) is 56.2 Å². The Morgan fingerprint density at radius 1 is 1.06 bits per heavy atom. The van der Waals surface area contributed by atoms with Gasteiger partial charge in [-0.05, 0) is 41.2 Å². The molecule has 0 fully saturated rings. The topological polar surface area (TPSA) is 75.5 Å². The molecule has 0 unspecified atom stereocenters. The maximum Gasteiger partial charge on any atom is 0.251 e. The highest BCUT2D eigenvalue weighted by Crippen LogP contribution is 2.22. The molecular formula is C25H32N4O2. The molecule has 0 spiro atoms. The number of hydrogen-bond acceptors (Lipinski definition) is 3. The molecule has 164 valence electrons. The lowest BCUT2D eigenvalue weighted by molar-refractivity contribution is -0.123. The molecule has 6 heteroatoms. The standard InChI is InChI=1S/C25H32N4O2/c1-17(2)22(28-23(30)18-9-11-19(12-10-18)25(3,4)5)24(31)26-14-13-20-16-29-15-7-6-8-21(29)27-20/h6-12,15-17,22H,13-14H2,1-5H3,(H,26,31)(H,28,30)/t22-/m0/s1. The first kappa shape index (κ1) is 22.5. The molecule has 3 aromatic rings. The Hall–Kier alpha value is -3.15. The SMILES string of the molecule is CC(C)[C@H](NC(=O)c1ccc(C(C)(C)C)cc1)C(=O)NCCc1cn2ccccc2n1. The average molecular weight is 421 g/mol. The van der Waals surface area contributed by atoms with Gasteiger partial charge in [0.25, 0.3) is 5.91 Å². The van der Waals surface area contributed by atoms with E-state index in [1.54, 1.807) is 0 Å². The van der Waals surface area contributed by atoms with Crippen LogP contribution in [0.25, 0.3) is 5.65 Å². The molecule has 6 nitrogen and oxygen atoms in total. The van der Waals surface area contributed by atoms with Crippen LogP contribution < -0.4 is 10.6 Å². The number of pyridine rings is 1. The lowest BCUT2D eigenvalue weighted by atomic mass is 9.86. The minimum absolute atomic E-state index is 0.0241. The molecule has 0 saturated heterocycles. The molecule has 2 aromatic heterocycles. The van der Waals surface area contributed by atoms with E-state index in [9.17, 15) is 9.59 Å². The van der Waals surface area contributed by atoms with Gasteiger partial charge < -0.3 is 15.0 Å². The highest BCUT2D eigenvalue weighted by Gasteiger charge is 2.24. The van der Waals surface area contributed by atoms with Gasteiger partial charge in [-0.2, -0.15) is 0 Å². The molecule has 0 bridgehead atoms. The van der Waals surface area contributed by atoms with Crippen LogP contribution in [-0.2, 0) is 16.6 Å². The molecule has 0 saturated carbocycles. The maximum atomic E-state index is 12.7. The predicted octanol–water partition coefficient (Wildman–Crippen LogP) is 3.75. The first-order valence-corrected chi connectivity index (χ1v) is 10.8. The first-order valence-electron chi connectivity index (χ1n) is 10.8. The summed E-state index contributed by atoms with van der Waals surface area (Å²) < 4.78 is 1.96. The van der Waals surface area contributed by atoms with Crippen LogP contribution in [-0.4, -0.2) is 33.8 Å². The van der Waals surface area contributed by atoms with Crippen molar-refractivity contribution in [3.63, 3.8) is 0 Å². The summed E-state index contributed by atoms with van der Waals surface area (Å²) >= 11 is 0. The maximum absolute atomic E-state index is 12.7. The third kappa shape index (κ3) is 5.72. The number of aromatic nitrogens is 2. The molecule has 0 aliphatic carbocycles. The summed E-state index contributed by atoms with van der Waals surface area (Å²) in [5, 5.41) is 5.83. The summed E-state index contributed by atoms with van der Waals surface area (Å²) in [7, 11) is 0. The van der Waals surface area contributed by atoms with Crippen molar-refractivity contribution >= 4 is 17.5 Å². The second-order valence-electron chi connectivity index (χ2n) is 9.26. The van der Waals surface area contributed by atoms with Gasteiger partial charge in [-0.1, -0.05) is 52.8 Å². The van der Waals surface area contributed by atoms with Gasteiger partial charge in [0.05, 0.1) is 5.69 Å². The summed E-state index contributed by atoms with van der Waals surface area (Å²) in [6.45, 7) is 10.7. The zero-order valence-corrected chi connectivity index (χ0v) is 19.0. The molecule has 31 heavy (non-hydrogen) atoms. The zero-order chi connectivity index (χ0) is 22.6. The number of nitrogens with one attached hydrogen (secondary N) is 2. The number of benzene rings is 1. The molecule has 1 aromatic carbocycles. The van der Waals surface area contributed by atoms with E-state index in [1.165, 1.54) is 0 Å². The monoisotopic (exact) mass is 420 g/mol. The Morgan fingerprint density at radius 2 is 1.77 bits per heavy atom. The highest BCUT2D eigenvalue weighted by atomic mass is 16.2. The van der Waals surface area contributed by atoms with Crippen molar-refractivity contribution in [1.29, 1.82) is 0 Å². The number of imidazole rings is 1. The quantitative estimate of drug-likeness (QED) is 0.611. The number of carbonyl (C=O) groups excluding carboxylic acids is 2. The van der Waals surface area contributed by atoms with E-state index in [1.807, 2.05) is 73.1 Å². The first-order chi connectivity index (χ1) is 14.6. The average Bonchev–Trinajstić information content (AvgIpc) is 3.13. The summed E-state index contributed by atoms with van der Waals surface area (Å²) in [5.74, 6) is -0.457. The summed E-state index contributed by atoms with van der Waals surface area (Å²) in [4.78, 5) is 30.0. The number of nitrogens with zero attached hydrogens (tertiary/aromatic N) is 2. The van der Waals surface area contributed by atoms with E-state index in [-0.39, 0.29) is 23.1 Å². The molecule has 2 heterocycles. The molecule has 0 radical (unpaired) electrons. The number of rotatable bonds is 7. The van der Waals surface area contributed by atoms with Crippen LogP contribution in [0.15, 0.2) is 54.9 Å². The lowest BCUT2D eigenvalue weighted by Crippen LogP contribution is -2.50. The van der Waals surface area contributed by atoms with Crippen molar-refractivity contribution in [1.82, 2.24) is 20.0 Å². The smallest absolute Gasteiger partial charge is 0.251 e. The predicted molar refractivity (Wildman–Crippen MR) is 123 cm³/mol. The van der Waals surface area contributed by atoms with E-state index in [2.05, 4.69) is 36.4 Å². The van der Waals surface area contributed by atoms with Crippen LogP contribution in [0.3, 0.4) is 0 Å². The minimum Gasteiger partial charge on any atom is -0.354 e. The lowest BCUT2D eigenvalue weighted by Gasteiger charge is -2.22. The molecule has 2 amide bonds. The summed E-state index contributed by atoms with van der Waals surface area (Å²) in [5.41, 5.74) is 3.53. The molecule has 2 N–H and O–H groups in total. The number of hydrogen-bond donors (Lipinski definition) is 2. The van der Waals surface area contributed by atoms with Gasteiger partial charge in [-0.3, -0.25) is 9.59 Å². The third-order valence-electron chi connectivity index (χ3n) is 5.34. The van der Waals surface area contributed by atoms with E-state index in [0.717, 1.165) is 16.9 Å². The van der Waals surface area contributed by atoms with E-state index >= 15 is 0 Å². The van der Waals surface area contributed by atoms with Crippen molar-refractivity contribution < 1.29 is 9.59 Å². The van der Waals surface area contributed by atoms with E-state index in [0.29, 0.717) is 18.5 Å². The number of carbonyl (C=O) groups is 2. The number of fused-ring (bicyclic) bond motifs is 1. The second-order valence-corrected chi connectivity index (χ2v) is 9.26. The Kier molecular flexibility index (Phi) is 6.78. The second kappa shape index (κ2) is 9.33. The molecule has 1 atom stereocenters. The van der Waals surface area contributed by atoms with Crippen LogP contribution in [0.4, 0.5) is 0 Å². The Labute approximate surface area is 184 Å². The molecule has 0 aliphatic rings. The van der Waals surface area contributed by atoms with Crippen LogP contribution in [0.5, 0.6) is 0 Å². The van der Waals surface area contributed by atoms with Crippen molar-refractivity contribution in [2.45, 2.75) is 52.5 Å². The molecular weight excluding hydrogens is 388 g/mol. The van der Waals surface area contributed by atoms with Crippen molar-refractivity contribution in [3.8, 4) is 0 Å². The fourth-order valence-corrected chi connectivity index (χ4v) is 3.41. The Morgan fingerprint density at radius 3 is 2.39 bits per heavy atom. The van der Waals surface area contributed by atoms with Gasteiger partial charge in [-0.25, -0.2) is 4.98 Å². The Balaban J connectivity index is 1.57. The van der Waals surface area contributed by atoms with Crippen LogP contribution >= 0.6 is 0 Å². The fourth-order valence-electron chi connectivity index (χ4n) is 3.41. The van der Waals surface area contributed by atoms with Crippen molar-refractivity contribution in [2.75, 3.05) is 6.54 Å². The van der Waals surface area contributed by atoms with Crippen LogP contribution in [0.2, 0.25) is 0 Å². The molecule has 0 aliphatic heterocycles. The van der Waals surface area contributed by atoms with Gasteiger partial charge in [0, 0.05) is 30.9 Å². The van der Waals surface area contributed by atoms with E-state index in [4.69, 9.17) is 0 Å². The van der Waals surface area contributed by atoms with Crippen molar-refractivity contribution in [2.24, 2.45) is 5.92 Å². The zero-order valence-electron chi connectivity index (χ0n) is 19.0. The Bertz CT molecular complexity index is 1010. The third-order valence-corrected chi connectivity index (χ3v) is 5.34. The summed E-state index contributed by atoms with van der Waals surface area (Å²) in [6.07, 6.45) is 4.54. The molecule has 3 rings (SSSR count). The summed E-state index contributed by atoms with van der Waals surface area (Å²) in [6, 6.07) is 12.8. The highest BCUT2D eigenvalue weighted by molar-refractivity contribution is 5.97. The van der Waals surface area contributed by atoms with Gasteiger partial charge >= 0.3 is 0 Å². The van der Waals surface area contributed by atoms with Gasteiger partial charge in [0.2, 0.25) is 5.91 Å². The van der Waals surface area contributed by atoms with Gasteiger partial charge in [0.15, 0.2) is 0 Å². The van der Waals surface area contributed by atoms with Gasteiger partial charge in [0.1, 0.15) is 11.7 Å². The minimum atomic E-state index is -0.601.